The van der Waals surface area contributed by atoms with Gasteiger partial charge >= 0.3 is 0 Å². The molecular weight excluding hydrogens is 176 g/mol. The van der Waals surface area contributed by atoms with E-state index in [-0.39, 0.29) is 18.0 Å². The maximum absolute atomic E-state index is 11.1. The van der Waals surface area contributed by atoms with E-state index in [0.29, 0.717) is 0 Å². The molecule has 2 nitrogen and oxygen atoms in total. The first-order valence-electron chi connectivity index (χ1n) is 5.05. The molecule has 0 aliphatic carbocycles. The lowest BCUT2D eigenvalue weighted by Gasteiger charge is -1.92. The van der Waals surface area contributed by atoms with Gasteiger partial charge in [-0.1, -0.05) is 32.4 Å². The Labute approximate surface area is 85.7 Å². The Kier molecular flexibility index (Phi) is 7.71. The Morgan fingerprint density at radius 1 is 1.21 bits per heavy atom. The first kappa shape index (κ1) is 12.8. The number of hydrogen-bond acceptors (Lipinski definition) is 2. The monoisotopic (exact) mass is 194 g/mol. The Morgan fingerprint density at radius 2 is 1.93 bits per heavy atom. The molecule has 0 saturated carbocycles. The van der Waals surface area contributed by atoms with E-state index in [1.54, 1.807) is 0 Å². The van der Waals surface area contributed by atoms with E-state index in [1.165, 1.54) is 25.0 Å². The molecule has 0 N–H and O–H groups in total. The second-order valence-electron chi connectivity index (χ2n) is 3.21. The number of hydrogen-bond donors (Lipinski definition) is 0. The summed E-state index contributed by atoms with van der Waals surface area (Å²) in [6.07, 6.45) is 8.86. The van der Waals surface area contributed by atoms with Crippen LogP contribution in [0, 0.1) is 0 Å². The summed E-state index contributed by atoms with van der Waals surface area (Å²) in [6.45, 7) is 5.45. The molecule has 0 amide bonds. The SMILES string of the molecule is C=CC(=O)CC(=O)C=CCCCCC. The highest BCUT2D eigenvalue weighted by Crippen LogP contribution is 2.00. The Balaban J connectivity index is 3.60. The molecule has 0 saturated heterocycles. The van der Waals surface area contributed by atoms with Crippen molar-refractivity contribution in [3.8, 4) is 0 Å². The molecule has 2 heteroatoms. The Hall–Kier alpha value is -1.18. The van der Waals surface area contributed by atoms with Crippen molar-refractivity contribution in [1.29, 1.82) is 0 Å². The van der Waals surface area contributed by atoms with Crippen molar-refractivity contribution >= 4 is 11.6 Å². The standard InChI is InChI=1S/C12H18O2/c1-3-5-6-7-8-9-12(14)10-11(13)4-2/h4,8-9H,2-3,5-7,10H2,1H3. The molecule has 78 valence electrons. The van der Waals surface area contributed by atoms with Gasteiger partial charge in [0.25, 0.3) is 0 Å². The van der Waals surface area contributed by atoms with Crippen molar-refractivity contribution in [2.24, 2.45) is 0 Å². The number of unbranched alkanes of at least 4 members (excludes halogenated alkanes) is 3. The molecule has 0 heterocycles. The predicted molar refractivity (Wildman–Crippen MR) is 58.1 cm³/mol. The molecule has 0 bridgehead atoms. The second kappa shape index (κ2) is 8.42. The molecule has 0 spiro atoms. The number of carbonyl (C=O) groups is 2. The summed E-state index contributed by atoms with van der Waals surface area (Å²) in [5.74, 6) is -0.348. The molecule has 14 heavy (non-hydrogen) atoms. The predicted octanol–water partition coefficient (Wildman–Crippen LogP) is 2.84. The zero-order valence-corrected chi connectivity index (χ0v) is 8.79. The van der Waals surface area contributed by atoms with E-state index < -0.39 is 0 Å². The number of ketones is 2. The minimum absolute atomic E-state index is 0.0478. The van der Waals surface area contributed by atoms with Gasteiger partial charge in [-0.2, -0.15) is 0 Å². The van der Waals surface area contributed by atoms with Gasteiger partial charge in [0.15, 0.2) is 11.6 Å². The average molecular weight is 194 g/mol. The van der Waals surface area contributed by atoms with Crippen molar-refractivity contribution in [2.75, 3.05) is 0 Å². The van der Waals surface area contributed by atoms with Gasteiger partial charge in [-0.25, -0.2) is 0 Å². The maximum atomic E-state index is 11.1. The molecule has 0 aromatic rings. The van der Waals surface area contributed by atoms with Gasteiger partial charge in [0, 0.05) is 0 Å². The van der Waals surface area contributed by atoms with E-state index in [4.69, 9.17) is 0 Å². The van der Waals surface area contributed by atoms with Gasteiger partial charge in [-0.3, -0.25) is 9.59 Å². The third-order valence-corrected chi connectivity index (χ3v) is 1.85. The van der Waals surface area contributed by atoms with Crippen LogP contribution in [0.15, 0.2) is 24.8 Å². The molecule has 0 unspecified atom stereocenters. The van der Waals surface area contributed by atoms with Gasteiger partial charge in [0.1, 0.15) is 0 Å². The molecule has 0 atom stereocenters. The largest absolute Gasteiger partial charge is 0.294 e. The molecule has 0 fully saturated rings. The average Bonchev–Trinajstić information content (AvgIpc) is 2.17. The van der Waals surface area contributed by atoms with Crippen molar-refractivity contribution in [3.05, 3.63) is 24.8 Å². The number of allylic oxidation sites excluding steroid dienone is 3. The smallest absolute Gasteiger partial charge is 0.163 e. The highest BCUT2D eigenvalue weighted by molar-refractivity contribution is 6.08. The van der Waals surface area contributed by atoms with Gasteiger partial charge < -0.3 is 0 Å². The second-order valence-corrected chi connectivity index (χ2v) is 3.21. The molecule has 0 aliphatic rings. The van der Waals surface area contributed by atoms with Gasteiger partial charge in [0.2, 0.25) is 0 Å². The van der Waals surface area contributed by atoms with Crippen LogP contribution in [-0.4, -0.2) is 11.6 Å². The molecule has 0 rings (SSSR count). The van der Waals surface area contributed by atoms with Gasteiger partial charge in [-0.15, -0.1) is 0 Å². The van der Waals surface area contributed by atoms with Crippen molar-refractivity contribution < 1.29 is 9.59 Å². The first-order chi connectivity index (χ1) is 6.70. The van der Waals surface area contributed by atoms with Crippen molar-refractivity contribution in [3.63, 3.8) is 0 Å². The minimum atomic E-state index is -0.215. The highest BCUT2D eigenvalue weighted by Gasteiger charge is 2.01. The van der Waals surface area contributed by atoms with Gasteiger partial charge in [-0.05, 0) is 25.0 Å². The van der Waals surface area contributed by atoms with E-state index in [9.17, 15) is 9.59 Å². The number of carbonyl (C=O) groups excluding carboxylic acids is 2. The van der Waals surface area contributed by atoms with Crippen molar-refractivity contribution in [1.82, 2.24) is 0 Å². The zero-order valence-electron chi connectivity index (χ0n) is 8.79. The first-order valence-corrected chi connectivity index (χ1v) is 5.05. The highest BCUT2D eigenvalue weighted by atomic mass is 16.1. The zero-order chi connectivity index (χ0) is 10.8. The fraction of sp³-hybridized carbons (Fsp3) is 0.500. The third kappa shape index (κ3) is 7.47. The summed E-state index contributed by atoms with van der Waals surface area (Å²) >= 11 is 0. The van der Waals surface area contributed by atoms with Crippen LogP contribution in [0.4, 0.5) is 0 Å². The van der Waals surface area contributed by atoms with Crippen LogP contribution < -0.4 is 0 Å². The Morgan fingerprint density at radius 3 is 2.50 bits per heavy atom. The molecule has 0 aromatic carbocycles. The third-order valence-electron chi connectivity index (χ3n) is 1.85. The van der Waals surface area contributed by atoms with E-state index in [0.717, 1.165) is 12.8 Å². The van der Waals surface area contributed by atoms with E-state index in [2.05, 4.69) is 13.5 Å². The van der Waals surface area contributed by atoms with Crippen LogP contribution in [-0.2, 0) is 9.59 Å². The van der Waals surface area contributed by atoms with Crippen LogP contribution in [0.25, 0.3) is 0 Å². The van der Waals surface area contributed by atoms with Crippen LogP contribution >= 0.6 is 0 Å². The van der Waals surface area contributed by atoms with Crippen LogP contribution in [0.3, 0.4) is 0 Å². The Bertz CT molecular complexity index is 226. The van der Waals surface area contributed by atoms with E-state index >= 15 is 0 Å². The quantitative estimate of drug-likeness (QED) is 0.338. The fourth-order valence-corrected chi connectivity index (χ4v) is 1.03. The van der Waals surface area contributed by atoms with E-state index in [1.807, 2.05) is 6.08 Å². The summed E-state index contributed by atoms with van der Waals surface area (Å²) in [5, 5.41) is 0. The summed E-state index contributed by atoms with van der Waals surface area (Å²) in [5.41, 5.74) is 0. The molecular formula is C12H18O2. The fourth-order valence-electron chi connectivity index (χ4n) is 1.03. The molecule has 0 aliphatic heterocycles. The van der Waals surface area contributed by atoms with Gasteiger partial charge in [0.05, 0.1) is 6.42 Å². The van der Waals surface area contributed by atoms with Crippen LogP contribution in [0.1, 0.15) is 39.0 Å². The lowest BCUT2D eigenvalue weighted by Crippen LogP contribution is -2.01. The lowest BCUT2D eigenvalue weighted by molar-refractivity contribution is -0.121. The van der Waals surface area contributed by atoms with Crippen LogP contribution in [0.5, 0.6) is 0 Å². The number of rotatable bonds is 8. The summed E-state index contributed by atoms with van der Waals surface area (Å²) in [7, 11) is 0. The normalized spacial score (nSPS) is 10.4. The van der Waals surface area contributed by atoms with Crippen LogP contribution in [0.2, 0.25) is 0 Å². The lowest BCUT2D eigenvalue weighted by atomic mass is 10.1. The van der Waals surface area contributed by atoms with Crippen molar-refractivity contribution in [2.45, 2.75) is 39.0 Å². The topological polar surface area (TPSA) is 34.1 Å². The molecule has 0 aromatic heterocycles. The summed E-state index contributed by atoms with van der Waals surface area (Å²) in [6, 6.07) is 0. The summed E-state index contributed by atoms with van der Waals surface area (Å²) < 4.78 is 0. The maximum Gasteiger partial charge on any atom is 0.163 e. The minimum Gasteiger partial charge on any atom is -0.294 e. The molecule has 0 radical (unpaired) electrons. The summed E-state index contributed by atoms with van der Waals surface area (Å²) in [4.78, 5) is 21.9.